The van der Waals surface area contributed by atoms with Crippen molar-refractivity contribution in [2.75, 3.05) is 38.2 Å². The number of aromatic nitrogens is 3. The summed E-state index contributed by atoms with van der Waals surface area (Å²) < 4.78 is 10.8. The quantitative estimate of drug-likeness (QED) is 0.628. The van der Waals surface area contributed by atoms with Crippen LogP contribution in [0.3, 0.4) is 0 Å². The summed E-state index contributed by atoms with van der Waals surface area (Å²) in [6.45, 7) is 8.42. The Hall–Kier alpha value is -3.29. The first-order valence-corrected chi connectivity index (χ1v) is 11.6. The predicted octanol–water partition coefficient (Wildman–Crippen LogP) is 4.57. The van der Waals surface area contributed by atoms with E-state index in [4.69, 9.17) is 19.4 Å². The molecule has 1 aliphatic carbocycles. The number of nitrogens with zero attached hydrogens (tertiary/aromatic N) is 4. The van der Waals surface area contributed by atoms with Crippen LogP contribution < -0.4 is 9.64 Å². The van der Waals surface area contributed by atoms with Gasteiger partial charge in [-0.25, -0.2) is 14.8 Å². The average Bonchev–Trinajstić information content (AvgIpc) is 3.55. The molecular formula is C25H31N5O3. The molecule has 0 bridgehead atoms. The summed E-state index contributed by atoms with van der Waals surface area (Å²) >= 11 is 0. The number of fused-ring (bicyclic) bond motifs is 1. The third-order valence-electron chi connectivity index (χ3n) is 6.14. The Kier molecular flexibility index (Phi) is 5.38. The molecular weight excluding hydrogens is 418 g/mol. The van der Waals surface area contributed by atoms with E-state index in [2.05, 4.69) is 9.88 Å². The minimum absolute atomic E-state index is 0.244. The van der Waals surface area contributed by atoms with E-state index in [1.807, 2.05) is 51.2 Å². The van der Waals surface area contributed by atoms with E-state index in [1.165, 1.54) is 18.4 Å². The summed E-state index contributed by atoms with van der Waals surface area (Å²) in [7, 11) is 1.66. The van der Waals surface area contributed by atoms with E-state index in [1.54, 1.807) is 12.0 Å². The highest BCUT2D eigenvalue weighted by atomic mass is 16.6. The summed E-state index contributed by atoms with van der Waals surface area (Å²) in [5.41, 5.74) is 4.61. The number of piperazine rings is 1. The fourth-order valence-electron chi connectivity index (χ4n) is 4.30. The van der Waals surface area contributed by atoms with Gasteiger partial charge in [0.25, 0.3) is 0 Å². The van der Waals surface area contributed by atoms with Gasteiger partial charge in [0.05, 0.1) is 12.8 Å². The number of hydrogen-bond donors (Lipinski definition) is 1. The molecule has 3 heterocycles. The van der Waals surface area contributed by atoms with Gasteiger partial charge in [-0.2, -0.15) is 0 Å². The molecule has 0 unspecified atom stereocenters. The van der Waals surface area contributed by atoms with Crippen LogP contribution in [-0.2, 0) is 4.74 Å². The molecule has 33 heavy (non-hydrogen) atoms. The molecule has 8 heteroatoms. The van der Waals surface area contributed by atoms with Gasteiger partial charge in [0.15, 0.2) is 5.65 Å². The second kappa shape index (κ2) is 8.24. The van der Waals surface area contributed by atoms with Crippen molar-refractivity contribution in [3.63, 3.8) is 0 Å². The second-order valence-corrected chi connectivity index (χ2v) is 9.80. The first-order chi connectivity index (χ1) is 15.8. The molecule has 0 radical (unpaired) electrons. The zero-order chi connectivity index (χ0) is 23.2. The van der Waals surface area contributed by atoms with Crippen LogP contribution in [0.25, 0.3) is 22.6 Å². The zero-order valence-corrected chi connectivity index (χ0v) is 19.7. The lowest BCUT2D eigenvalue weighted by Gasteiger charge is -2.37. The molecule has 3 aromatic rings. The Bertz CT molecular complexity index is 1150. The van der Waals surface area contributed by atoms with Crippen molar-refractivity contribution in [1.82, 2.24) is 19.9 Å². The molecule has 174 valence electrons. The number of carbonyl (C=O) groups is 1. The number of anilines is 1. The smallest absolute Gasteiger partial charge is 0.410 e. The largest absolute Gasteiger partial charge is 0.497 e. The van der Waals surface area contributed by atoms with Crippen molar-refractivity contribution >= 4 is 22.9 Å². The fraction of sp³-hybridized carbons (Fsp3) is 0.480. The number of hydrogen-bond acceptors (Lipinski definition) is 6. The molecule has 1 saturated carbocycles. The summed E-state index contributed by atoms with van der Waals surface area (Å²) in [6, 6.07) is 7.86. The number of imidazole rings is 1. The lowest BCUT2D eigenvalue weighted by molar-refractivity contribution is 0.0240. The minimum atomic E-state index is -0.489. The second-order valence-electron chi connectivity index (χ2n) is 9.80. The first kappa shape index (κ1) is 21.6. The van der Waals surface area contributed by atoms with Crippen LogP contribution >= 0.6 is 0 Å². The molecule has 1 aromatic carbocycles. The molecule has 0 spiro atoms. The van der Waals surface area contributed by atoms with Crippen LogP contribution in [0.15, 0.2) is 30.5 Å². The van der Waals surface area contributed by atoms with Crippen molar-refractivity contribution in [3.8, 4) is 17.1 Å². The number of nitrogens with one attached hydrogen (secondary N) is 1. The Morgan fingerprint density at radius 1 is 1.09 bits per heavy atom. The number of amides is 1. The number of aromatic amines is 1. The molecule has 1 amide bonds. The molecule has 1 aliphatic heterocycles. The summed E-state index contributed by atoms with van der Waals surface area (Å²) in [5, 5.41) is 0. The molecule has 2 aliphatic rings. The number of pyridine rings is 1. The SMILES string of the molecule is COc1ccc(-c2nc3c(N4CCN(C(=O)OC(C)(C)C)CC4)c(C4CC4)cnc3[nH]2)cc1. The zero-order valence-electron chi connectivity index (χ0n) is 19.7. The van der Waals surface area contributed by atoms with Gasteiger partial charge in [0.1, 0.15) is 22.7 Å². The maximum atomic E-state index is 12.5. The van der Waals surface area contributed by atoms with Crippen LogP contribution in [0.4, 0.5) is 10.5 Å². The van der Waals surface area contributed by atoms with Crippen LogP contribution in [0.5, 0.6) is 5.75 Å². The van der Waals surface area contributed by atoms with E-state index in [9.17, 15) is 4.79 Å². The van der Waals surface area contributed by atoms with Gasteiger partial charge in [-0.05, 0) is 69.4 Å². The fourth-order valence-corrected chi connectivity index (χ4v) is 4.30. The van der Waals surface area contributed by atoms with Crippen LogP contribution in [-0.4, -0.2) is 64.8 Å². The number of rotatable bonds is 4. The standard InChI is InChI=1S/C25H31N5O3/c1-25(2,3)33-24(31)30-13-11-29(12-14-30)21-19(16-5-6-16)15-26-23-20(21)27-22(28-23)17-7-9-18(32-4)10-8-17/h7-10,15-16H,5-6,11-14H2,1-4H3,(H,26,27,28). The van der Waals surface area contributed by atoms with Crippen molar-refractivity contribution in [3.05, 3.63) is 36.0 Å². The average molecular weight is 450 g/mol. The number of methoxy groups -OCH3 is 1. The first-order valence-electron chi connectivity index (χ1n) is 11.6. The van der Waals surface area contributed by atoms with Crippen molar-refractivity contribution < 1.29 is 14.3 Å². The highest BCUT2D eigenvalue weighted by molar-refractivity contribution is 5.91. The van der Waals surface area contributed by atoms with E-state index < -0.39 is 5.60 Å². The van der Waals surface area contributed by atoms with Gasteiger partial charge in [-0.15, -0.1) is 0 Å². The molecule has 5 rings (SSSR count). The summed E-state index contributed by atoms with van der Waals surface area (Å²) in [5.74, 6) is 2.15. The van der Waals surface area contributed by atoms with Gasteiger partial charge >= 0.3 is 6.09 Å². The van der Waals surface area contributed by atoms with E-state index in [0.717, 1.165) is 47.1 Å². The van der Waals surface area contributed by atoms with Gasteiger partial charge < -0.3 is 24.3 Å². The van der Waals surface area contributed by atoms with Gasteiger partial charge in [-0.3, -0.25) is 0 Å². The van der Waals surface area contributed by atoms with Crippen molar-refractivity contribution in [1.29, 1.82) is 0 Å². The predicted molar refractivity (Wildman–Crippen MR) is 128 cm³/mol. The highest BCUT2D eigenvalue weighted by Gasteiger charge is 2.33. The lowest BCUT2D eigenvalue weighted by Crippen LogP contribution is -2.50. The minimum Gasteiger partial charge on any atom is -0.497 e. The molecule has 0 atom stereocenters. The van der Waals surface area contributed by atoms with Crippen molar-refractivity contribution in [2.45, 2.75) is 45.1 Å². The summed E-state index contributed by atoms with van der Waals surface area (Å²) in [4.78, 5) is 29.7. The Balaban J connectivity index is 1.44. The van der Waals surface area contributed by atoms with E-state index >= 15 is 0 Å². The molecule has 2 aromatic heterocycles. The van der Waals surface area contributed by atoms with Crippen molar-refractivity contribution in [2.24, 2.45) is 0 Å². The van der Waals surface area contributed by atoms with Crippen LogP contribution in [0.1, 0.15) is 45.1 Å². The normalized spacial score (nSPS) is 16.8. The maximum absolute atomic E-state index is 12.5. The topological polar surface area (TPSA) is 83.6 Å². The molecule has 2 fully saturated rings. The number of benzene rings is 1. The lowest BCUT2D eigenvalue weighted by atomic mass is 10.1. The van der Waals surface area contributed by atoms with Gasteiger partial charge in [-0.1, -0.05) is 0 Å². The number of ether oxygens (including phenoxy) is 2. The van der Waals surface area contributed by atoms with Gasteiger partial charge in [0.2, 0.25) is 0 Å². The Morgan fingerprint density at radius 3 is 2.39 bits per heavy atom. The summed E-state index contributed by atoms with van der Waals surface area (Å²) in [6.07, 6.45) is 4.14. The van der Waals surface area contributed by atoms with E-state index in [0.29, 0.717) is 19.0 Å². The van der Waals surface area contributed by atoms with Crippen LogP contribution in [0, 0.1) is 0 Å². The van der Waals surface area contributed by atoms with Crippen LogP contribution in [0.2, 0.25) is 0 Å². The van der Waals surface area contributed by atoms with E-state index in [-0.39, 0.29) is 6.09 Å². The highest BCUT2D eigenvalue weighted by Crippen LogP contribution is 2.46. The third kappa shape index (κ3) is 4.47. The number of carbonyl (C=O) groups excluding carboxylic acids is 1. The maximum Gasteiger partial charge on any atom is 0.410 e. The van der Waals surface area contributed by atoms with Gasteiger partial charge in [0, 0.05) is 37.9 Å². The molecule has 1 saturated heterocycles. The Morgan fingerprint density at radius 2 is 1.79 bits per heavy atom. The number of H-pyrrole nitrogens is 1. The molecule has 1 N–H and O–H groups in total. The third-order valence-corrected chi connectivity index (χ3v) is 6.14. The Labute approximate surface area is 193 Å². The monoisotopic (exact) mass is 449 g/mol. The molecule has 8 nitrogen and oxygen atoms in total.